The van der Waals surface area contributed by atoms with Crippen LogP contribution in [0.2, 0.25) is 0 Å². The minimum atomic E-state index is -0.141. The molecule has 0 aromatic carbocycles. The van der Waals surface area contributed by atoms with E-state index >= 15 is 0 Å². The van der Waals surface area contributed by atoms with Gasteiger partial charge in [0.15, 0.2) is 0 Å². The van der Waals surface area contributed by atoms with Crippen LogP contribution >= 0.6 is 0 Å². The molecule has 0 spiro atoms. The molecule has 0 aliphatic heterocycles. The number of nitrogens with one attached hydrogen (secondary N) is 1. The minimum Gasteiger partial charge on any atom is -0.492 e. The number of hydrazine groups is 1. The van der Waals surface area contributed by atoms with Crippen LogP contribution in [0.25, 0.3) is 0 Å². The predicted molar refractivity (Wildman–Crippen MR) is 75.7 cm³/mol. The molecule has 0 aliphatic rings. The summed E-state index contributed by atoms with van der Waals surface area (Å²) in [5.74, 6) is 6.44. The highest BCUT2D eigenvalue weighted by Gasteiger charge is 2.33. The second-order valence-corrected chi connectivity index (χ2v) is 5.55. The largest absolute Gasteiger partial charge is 0.492 e. The van der Waals surface area contributed by atoms with Crippen molar-refractivity contribution < 1.29 is 9.47 Å². The number of hydrogen-bond donors (Lipinski definition) is 2. The molecule has 19 heavy (non-hydrogen) atoms. The summed E-state index contributed by atoms with van der Waals surface area (Å²) in [5.41, 5.74) is 3.73. The summed E-state index contributed by atoms with van der Waals surface area (Å²) in [7, 11) is 1.69. The maximum absolute atomic E-state index is 5.70. The molecule has 1 rings (SSSR count). The Morgan fingerprint density at radius 1 is 1.37 bits per heavy atom. The van der Waals surface area contributed by atoms with E-state index in [2.05, 4.69) is 31.2 Å². The third kappa shape index (κ3) is 4.16. The lowest BCUT2D eigenvalue weighted by atomic mass is 9.82. The first kappa shape index (κ1) is 15.9. The van der Waals surface area contributed by atoms with Gasteiger partial charge in [0.25, 0.3) is 0 Å². The molecule has 3 N–H and O–H groups in total. The van der Waals surface area contributed by atoms with Gasteiger partial charge in [0.05, 0.1) is 24.9 Å². The number of rotatable bonds is 6. The fourth-order valence-electron chi connectivity index (χ4n) is 2.20. The summed E-state index contributed by atoms with van der Waals surface area (Å²) in [4.78, 5) is 4.19. The normalized spacial score (nSPS) is 15.1. The molecule has 5 heteroatoms. The zero-order valence-electron chi connectivity index (χ0n) is 12.4. The van der Waals surface area contributed by atoms with Crippen LogP contribution in [0, 0.1) is 5.41 Å². The molecule has 0 amide bonds. The average molecular weight is 267 g/mol. The van der Waals surface area contributed by atoms with Gasteiger partial charge in [0, 0.05) is 13.3 Å². The Hall–Kier alpha value is -1.17. The highest BCUT2D eigenvalue weighted by molar-refractivity contribution is 5.27. The van der Waals surface area contributed by atoms with Crippen molar-refractivity contribution in [1.29, 1.82) is 0 Å². The summed E-state index contributed by atoms with van der Waals surface area (Å²) in [5, 5.41) is 0. The van der Waals surface area contributed by atoms with Gasteiger partial charge < -0.3 is 9.47 Å². The molecule has 1 heterocycles. The van der Waals surface area contributed by atoms with Gasteiger partial charge in [0.2, 0.25) is 0 Å². The summed E-state index contributed by atoms with van der Waals surface area (Å²) < 4.78 is 11.1. The minimum absolute atomic E-state index is 0.0482. The summed E-state index contributed by atoms with van der Waals surface area (Å²) >= 11 is 0. The van der Waals surface area contributed by atoms with Gasteiger partial charge >= 0.3 is 0 Å². The number of nitrogens with zero attached hydrogens (tertiary/aromatic N) is 1. The van der Waals surface area contributed by atoms with Crippen molar-refractivity contribution in [1.82, 2.24) is 10.4 Å². The maximum atomic E-state index is 5.70. The lowest BCUT2D eigenvalue weighted by molar-refractivity contribution is -0.0121. The topological polar surface area (TPSA) is 69.4 Å². The smallest absolute Gasteiger partial charge is 0.137 e. The van der Waals surface area contributed by atoms with Crippen LogP contribution < -0.4 is 16.0 Å². The van der Waals surface area contributed by atoms with Gasteiger partial charge in [0.1, 0.15) is 5.75 Å². The van der Waals surface area contributed by atoms with Gasteiger partial charge in [-0.05, 0) is 24.0 Å². The van der Waals surface area contributed by atoms with Crippen molar-refractivity contribution >= 4 is 0 Å². The van der Waals surface area contributed by atoms with E-state index in [4.69, 9.17) is 15.3 Å². The van der Waals surface area contributed by atoms with Crippen LogP contribution in [0.3, 0.4) is 0 Å². The van der Waals surface area contributed by atoms with E-state index in [9.17, 15) is 0 Å². The molecule has 2 atom stereocenters. The van der Waals surface area contributed by atoms with Gasteiger partial charge in [-0.3, -0.25) is 16.3 Å². The van der Waals surface area contributed by atoms with Crippen LogP contribution in [0.15, 0.2) is 18.5 Å². The van der Waals surface area contributed by atoms with Gasteiger partial charge in [-0.1, -0.05) is 20.8 Å². The van der Waals surface area contributed by atoms with Crippen molar-refractivity contribution in [3.05, 3.63) is 24.0 Å². The SMILES string of the molecule is CCOc1cncc(C(NN)C(OC)C(C)(C)C)c1. The lowest BCUT2D eigenvalue weighted by Crippen LogP contribution is -2.44. The number of pyridine rings is 1. The second kappa shape index (κ2) is 6.84. The predicted octanol–water partition coefficient (Wildman–Crippen LogP) is 2.05. The zero-order chi connectivity index (χ0) is 14.5. The summed E-state index contributed by atoms with van der Waals surface area (Å²) in [6, 6.07) is 1.80. The Kier molecular flexibility index (Phi) is 5.72. The van der Waals surface area contributed by atoms with E-state index in [0.29, 0.717) is 6.61 Å². The molecule has 0 saturated heterocycles. The first-order valence-electron chi connectivity index (χ1n) is 6.50. The van der Waals surface area contributed by atoms with Crippen LogP contribution in [-0.4, -0.2) is 24.8 Å². The van der Waals surface area contributed by atoms with E-state index in [0.717, 1.165) is 11.3 Å². The van der Waals surface area contributed by atoms with Crippen molar-refractivity contribution in [3.63, 3.8) is 0 Å². The summed E-state index contributed by atoms with van der Waals surface area (Å²) in [6.45, 7) is 8.90. The first-order valence-corrected chi connectivity index (χ1v) is 6.50. The van der Waals surface area contributed by atoms with E-state index in [1.165, 1.54) is 0 Å². The Morgan fingerprint density at radius 3 is 2.53 bits per heavy atom. The van der Waals surface area contributed by atoms with Crippen molar-refractivity contribution in [2.45, 2.75) is 39.8 Å². The zero-order valence-corrected chi connectivity index (χ0v) is 12.4. The molecular weight excluding hydrogens is 242 g/mol. The highest BCUT2D eigenvalue weighted by atomic mass is 16.5. The quantitative estimate of drug-likeness (QED) is 0.610. The average Bonchev–Trinajstić information content (AvgIpc) is 2.35. The van der Waals surface area contributed by atoms with Gasteiger partial charge in [-0.15, -0.1) is 0 Å². The fraction of sp³-hybridized carbons (Fsp3) is 0.643. The monoisotopic (exact) mass is 267 g/mol. The molecule has 1 aromatic rings. The first-order chi connectivity index (χ1) is 8.93. The Labute approximate surface area is 115 Å². The van der Waals surface area contributed by atoms with Crippen molar-refractivity contribution in [2.24, 2.45) is 11.3 Å². The number of nitrogens with two attached hydrogens (primary N) is 1. The molecule has 0 radical (unpaired) electrons. The number of hydrogen-bond acceptors (Lipinski definition) is 5. The van der Waals surface area contributed by atoms with Gasteiger partial charge in [-0.2, -0.15) is 0 Å². The number of methoxy groups -OCH3 is 1. The number of ether oxygens (including phenoxy) is 2. The van der Waals surface area contributed by atoms with Crippen molar-refractivity contribution in [2.75, 3.05) is 13.7 Å². The molecule has 0 aliphatic carbocycles. The Balaban J connectivity index is 3.04. The van der Waals surface area contributed by atoms with E-state index < -0.39 is 0 Å². The molecule has 5 nitrogen and oxygen atoms in total. The second-order valence-electron chi connectivity index (χ2n) is 5.55. The maximum Gasteiger partial charge on any atom is 0.137 e. The third-order valence-electron chi connectivity index (χ3n) is 2.99. The fourth-order valence-corrected chi connectivity index (χ4v) is 2.20. The third-order valence-corrected chi connectivity index (χ3v) is 2.99. The molecule has 0 bridgehead atoms. The molecule has 2 unspecified atom stereocenters. The Bertz CT molecular complexity index is 391. The van der Waals surface area contributed by atoms with E-state index in [-0.39, 0.29) is 17.6 Å². The molecule has 0 saturated carbocycles. The van der Waals surface area contributed by atoms with Crippen LogP contribution in [0.5, 0.6) is 5.75 Å². The molecular formula is C14H25N3O2. The van der Waals surface area contributed by atoms with E-state index in [1.54, 1.807) is 19.5 Å². The van der Waals surface area contributed by atoms with Gasteiger partial charge in [-0.25, -0.2) is 0 Å². The van der Waals surface area contributed by atoms with Crippen molar-refractivity contribution in [3.8, 4) is 5.75 Å². The standard InChI is InChI=1S/C14H25N3O2/c1-6-19-11-7-10(8-16-9-11)12(17-15)13(18-5)14(2,3)4/h7-9,12-13,17H,6,15H2,1-5H3. The number of aromatic nitrogens is 1. The molecule has 0 fully saturated rings. The van der Waals surface area contributed by atoms with Crippen LogP contribution in [-0.2, 0) is 4.74 Å². The lowest BCUT2D eigenvalue weighted by Gasteiger charge is -2.35. The van der Waals surface area contributed by atoms with E-state index in [1.807, 2.05) is 13.0 Å². The highest BCUT2D eigenvalue weighted by Crippen LogP contribution is 2.32. The summed E-state index contributed by atoms with van der Waals surface area (Å²) in [6.07, 6.45) is 3.40. The molecule has 1 aromatic heterocycles. The van der Waals surface area contributed by atoms with Crippen LogP contribution in [0.1, 0.15) is 39.3 Å². The van der Waals surface area contributed by atoms with Crippen LogP contribution in [0.4, 0.5) is 0 Å². The Morgan fingerprint density at radius 2 is 2.05 bits per heavy atom. The molecule has 108 valence electrons.